The molecule has 2 rings (SSSR count). The van der Waals surface area contributed by atoms with Gasteiger partial charge in [0.15, 0.2) is 0 Å². The van der Waals surface area contributed by atoms with E-state index in [4.69, 9.17) is 5.11 Å². The molecule has 2 heterocycles. The van der Waals surface area contributed by atoms with Crippen LogP contribution in [0.5, 0.6) is 0 Å². The minimum atomic E-state index is 0.00823. The van der Waals surface area contributed by atoms with E-state index < -0.39 is 0 Å². The average molecular weight is 217 g/mol. The van der Waals surface area contributed by atoms with Gasteiger partial charge in [-0.3, -0.25) is 4.98 Å². The summed E-state index contributed by atoms with van der Waals surface area (Å²) in [6, 6.07) is 4.03. The average Bonchev–Trinajstić information content (AvgIpc) is 2.77. The van der Waals surface area contributed by atoms with Gasteiger partial charge in [0.05, 0.1) is 37.1 Å². The molecule has 2 aromatic rings. The van der Waals surface area contributed by atoms with Crippen LogP contribution >= 0.6 is 0 Å². The van der Waals surface area contributed by atoms with E-state index in [2.05, 4.69) is 23.0 Å². The number of aryl methyl sites for hydroxylation is 1. The molecule has 0 aliphatic carbocycles. The highest BCUT2D eigenvalue weighted by Gasteiger charge is 2.05. The van der Waals surface area contributed by atoms with E-state index in [1.807, 2.05) is 10.6 Å². The summed E-state index contributed by atoms with van der Waals surface area (Å²) in [6.45, 7) is 2.79. The topological polar surface area (TPSA) is 50.9 Å². The van der Waals surface area contributed by atoms with Gasteiger partial charge >= 0.3 is 0 Å². The molecule has 84 valence electrons. The Kier molecular flexibility index (Phi) is 3.31. The van der Waals surface area contributed by atoms with Gasteiger partial charge in [-0.2, -0.15) is 0 Å². The first-order valence-corrected chi connectivity index (χ1v) is 5.37. The fourth-order valence-corrected chi connectivity index (χ4v) is 1.72. The van der Waals surface area contributed by atoms with Crippen LogP contribution in [0.15, 0.2) is 30.9 Å². The fraction of sp³-hybridized carbons (Fsp3) is 0.333. The first kappa shape index (κ1) is 10.8. The lowest BCUT2D eigenvalue weighted by molar-refractivity contribution is 0.271. The van der Waals surface area contributed by atoms with Crippen LogP contribution in [0.3, 0.4) is 0 Å². The highest BCUT2D eigenvalue weighted by atomic mass is 16.3. The van der Waals surface area contributed by atoms with E-state index in [0.29, 0.717) is 6.54 Å². The van der Waals surface area contributed by atoms with E-state index >= 15 is 0 Å². The predicted molar refractivity (Wildman–Crippen MR) is 60.9 cm³/mol. The summed E-state index contributed by atoms with van der Waals surface area (Å²) in [5, 5.41) is 9.13. The molecule has 1 N–H and O–H groups in total. The zero-order chi connectivity index (χ0) is 11.4. The fourth-order valence-electron chi connectivity index (χ4n) is 1.72. The second-order valence-corrected chi connectivity index (χ2v) is 3.63. The molecule has 0 amide bonds. The molecule has 0 fully saturated rings. The molecule has 0 bridgehead atoms. The number of nitrogens with zero attached hydrogens (tertiary/aromatic N) is 3. The standard InChI is InChI=1S/C12H15N3O/c1-2-10-4-3-5-14-12(10)7-15-9-13-6-11(15)8-16/h3-6,9,16H,2,7-8H2,1H3. The van der Waals surface area contributed by atoms with Gasteiger partial charge in [0.2, 0.25) is 0 Å². The largest absolute Gasteiger partial charge is 0.390 e. The second-order valence-electron chi connectivity index (χ2n) is 3.63. The molecule has 0 radical (unpaired) electrons. The maximum Gasteiger partial charge on any atom is 0.0952 e. The smallest absolute Gasteiger partial charge is 0.0952 e. The molecular formula is C12H15N3O. The molecule has 2 aromatic heterocycles. The first-order valence-electron chi connectivity index (χ1n) is 5.37. The van der Waals surface area contributed by atoms with E-state index in [0.717, 1.165) is 17.8 Å². The van der Waals surface area contributed by atoms with Crippen molar-refractivity contribution in [1.82, 2.24) is 14.5 Å². The van der Waals surface area contributed by atoms with Gasteiger partial charge in [-0.05, 0) is 18.1 Å². The highest BCUT2D eigenvalue weighted by molar-refractivity contribution is 5.20. The van der Waals surface area contributed by atoms with Crippen molar-refractivity contribution in [3.63, 3.8) is 0 Å². The predicted octanol–water partition coefficient (Wildman–Crippen LogP) is 1.38. The van der Waals surface area contributed by atoms with Crippen LogP contribution in [0.2, 0.25) is 0 Å². The Morgan fingerprint density at radius 3 is 3.06 bits per heavy atom. The summed E-state index contributed by atoms with van der Waals surface area (Å²) >= 11 is 0. The molecule has 0 saturated heterocycles. The van der Waals surface area contributed by atoms with Gasteiger partial charge in [-0.25, -0.2) is 4.98 Å². The van der Waals surface area contributed by atoms with E-state index in [1.165, 1.54) is 5.56 Å². The van der Waals surface area contributed by atoms with Gasteiger partial charge in [0.25, 0.3) is 0 Å². The maximum absolute atomic E-state index is 9.13. The summed E-state index contributed by atoms with van der Waals surface area (Å²) in [5.41, 5.74) is 3.09. The summed E-state index contributed by atoms with van der Waals surface area (Å²) in [6.07, 6.45) is 6.16. The summed E-state index contributed by atoms with van der Waals surface area (Å²) in [5.74, 6) is 0. The van der Waals surface area contributed by atoms with E-state index in [9.17, 15) is 0 Å². The van der Waals surface area contributed by atoms with Crippen LogP contribution in [-0.2, 0) is 19.6 Å². The van der Waals surface area contributed by atoms with E-state index in [1.54, 1.807) is 18.7 Å². The Balaban J connectivity index is 2.26. The lowest BCUT2D eigenvalue weighted by Gasteiger charge is -2.09. The van der Waals surface area contributed by atoms with Crippen LogP contribution in [0.1, 0.15) is 23.9 Å². The van der Waals surface area contributed by atoms with Gasteiger partial charge in [-0.15, -0.1) is 0 Å². The molecule has 0 aromatic carbocycles. The van der Waals surface area contributed by atoms with Crippen LogP contribution in [0.25, 0.3) is 0 Å². The Morgan fingerprint density at radius 2 is 2.31 bits per heavy atom. The molecule has 0 spiro atoms. The quantitative estimate of drug-likeness (QED) is 0.841. The summed E-state index contributed by atoms with van der Waals surface area (Å²) < 4.78 is 1.92. The van der Waals surface area contributed by atoms with Gasteiger partial charge in [-0.1, -0.05) is 13.0 Å². The molecule has 4 heteroatoms. The molecule has 0 saturated carbocycles. The van der Waals surface area contributed by atoms with Crippen LogP contribution in [0.4, 0.5) is 0 Å². The van der Waals surface area contributed by atoms with Crippen molar-refractivity contribution in [2.24, 2.45) is 0 Å². The molecule has 0 aliphatic heterocycles. The van der Waals surface area contributed by atoms with Crippen LogP contribution < -0.4 is 0 Å². The number of aromatic nitrogens is 3. The third-order valence-electron chi connectivity index (χ3n) is 2.65. The van der Waals surface area contributed by atoms with Gasteiger partial charge in [0, 0.05) is 6.20 Å². The van der Waals surface area contributed by atoms with Crippen molar-refractivity contribution < 1.29 is 5.11 Å². The Morgan fingerprint density at radius 1 is 1.44 bits per heavy atom. The van der Waals surface area contributed by atoms with Crippen LogP contribution in [-0.4, -0.2) is 19.6 Å². The third-order valence-corrected chi connectivity index (χ3v) is 2.65. The third kappa shape index (κ3) is 2.12. The van der Waals surface area contributed by atoms with E-state index in [-0.39, 0.29) is 6.61 Å². The second kappa shape index (κ2) is 4.90. The first-order chi connectivity index (χ1) is 7.85. The molecule has 0 unspecified atom stereocenters. The number of rotatable bonds is 4. The summed E-state index contributed by atoms with van der Waals surface area (Å²) in [7, 11) is 0. The number of aliphatic hydroxyl groups is 1. The molecule has 16 heavy (non-hydrogen) atoms. The SMILES string of the molecule is CCc1cccnc1Cn1cncc1CO. The molecule has 0 atom stereocenters. The van der Waals surface area contributed by atoms with Crippen LogP contribution in [0, 0.1) is 0 Å². The van der Waals surface area contributed by atoms with Crippen molar-refractivity contribution in [2.75, 3.05) is 0 Å². The number of pyridine rings is 1. The number of aliphatic hydroxyl groups excluding tert-OH is 1. The minimum absolute atomic E-state index is 0.00823. The monoisotopic (exact) mass is 217 g/mol. The molecule has 0 aliphatic rings. The zero-order valence-corrected chi connectivity index (χ0v) is 9.30. The van der Waals surface area contributed by atoms with Crippen molar-refractivity contribution in [3.05, 3.63) is 47.8 Å². The highest BCUT2D eigenvalue weighted by Crippen LogP contribution is 2.10. The number of hydrogen-bond acceptors (Lipinski definition) is 3. The maximum atomic E-state index is 9.13. The van der Waals surface area contributed by atoms with Gasteiger partial charge in [0.1, 0.15) is 0 Å². The normalized spacial score (nSPS) is 10.6. The van der Waals surface area contributed by atoms with Crippen molar-refractivity contribution in [1.29, 1.82) is 0 Å². The zero-order valence-electron chi connectivity index (χ0n) is 9.30. The number of imidazole rings is 1. The Hall–Kier alpha value is -1.68. The lowest BCUT2D eigenvalue weighted by Crippen LogP contribution is -2.07. The Bertz CT molecular complexity index is 465. The molecule has 4 nitrogen and oxygen atoms in total. The van der Waals surface area contributed by atoms with Gasteiger partial charge < -0.3 is 9.67 Å². The lowest BCUT2D eigenvalue weighted by atomic mass is 10.1. The van der Waals surface area contributed by atoms with Crippen molar-refractivity contribution >= 4 is 0 Å². The Labute approximate surface area is 94.6 Å². The van der Waals surface area contributed by atoms with Crippen molar-refractivity contribution in [2.45, 2.75) is 26.5 Å². The molecular weight excluding hydrogens is 202 g/mol. The van der Waals surface area contributed by atoms with Crippen molar-refractivity contribution in [3.8, 4) is 0 Å². The minimum Gasteiger partial charge on any atom is -0.390 e. The number of hydrogen-bond donors (Lipinski definition) is 1. The summed E-state index contributed by atoms with van der Waals surface area (Å²) in [4.78, 5) is 8.39.